The predicted octanol–water partition coefficient (Wildman–Crippen LogP) is 3.70. The summed E-state index contributed by atoms with van der Waals surface area (Å²) in [6.45, 7) is 10.9. The Morgan fingerprint density at radius 1 is 1.30 bits per heavy atom. The highest BCUT2D eigenvalue weighted by Crippen LogP contribution is 2.65. The highest BCUT2D eigenvalue weighted by Gasteiger charge is 2.68. The molecule has 0 unspecified atom stereocenters. The van der Waals surface area contributed by atoms with Gasteiger partial charge in [-0.05, 0) is 80.4 Å². The first-order valence-electron chi connectivity index (χ1n) is 15.4. The van der Waals surface area contributed by atoms with Crippen LogP contribution in [0.3, 0.4) is 0 Å². The number of hydrogen-bond donors (Lipinski definition) is 3. The number of carbonyl (C=O) groups is 2. The fourth-order valence-electron chi connectivity index (χ4n) is 7.29. The number of nitrogens with two attached hydrogens (primary N) is 1. The summed E-state index contributed by atoms with van der Waals surface area (Å²) in [6, 6.07) is 3.93. The molecule has 14 heteroatoms. The van der Waals surface area contributed by atoms with Crippen molar-refractivity contribution in [2.45, 2.75) is 90.8 Å². The molecule has 1 aliphatic heterocycles. The van der Waals surface area contributed by atoms with Crippen LogP contribution in [0, 0.1) is 45.0 Å². The van der Waals surface area contributed by atoms with E-state index in [4.69, 9.17) is 19.8 Å². The summed E-state index contributed by atoms with van der Waals surface area (Å²) in [5.74, 6) is -1.83. The Labute approximate surface area is 258 Å². The van der Waals surface area contributed by atoms with Crippen LogP contribution in [0.15, 0.2) is 23.2 Å². The first kappa shape index (κ1) is 33.6. The molecular weight excluding hydrogens is 572 g/mol. The van der Waals surface area contributed by atoms with Crippen LogP contribution in [-0.2, 0) is 14.1 Å². The molecule has 3 saturated carbocycles. The van der Waals surface area contributed by atoms with Crippen molar-refractivity contribution in [2.24, 2.45) is 39.8 Å². The number of aliphatic imine (C=N–C) groups is 1. The molecule has 6 atom stereocenters. The molecule has 0 spiro atoms. The van der Waals surface area contributed by atoms with Crippen molar-refractivity contribution in [2.75, 3.05) is 13.7 Å². The van der Waals surface area contributed by atoms with Crippen LogP contribution in [-0.4, -0.2) is 61.1 Å². The number of hydrazine groups is 1. The van der Waals surface area contributed by atoms with Gasteiger partial charge >= 0.3 is 7.12 Å². The normalized spacial score (nSPS) is 26.8. The first-order valence-corrected chi connectivity index (χ1v) is 15.4. The van der Waals surface area contributed by atoms with E-state index in [1.807, 2.05) is 0 Å². The molecule has 0 radical (unpaired) electrons. The van der Waals surface area contributed by atoms with E-state index in [-0.39, 0.29) is 60.0 Å². The Hall–Kier alpha value is -3.26. The highest BCUT2D eigenvalue weighted by atomic mass is 19.1. The fraction of sp³-hybridized carbons (Fsp3) is 0.700. The van der Waals surface area contributed by atoms with E-state index in [0.29, 0.717) is 24.7 Å². The average molecular weight is 618 g/mol. The Kier molecular flexibility index (Phi) is 10.2. The van der Waals surface area contributed by atoms with Gasteiger partial charge in [-0.3, -0.25) is 9.59 Å². The van der Waals surface area contributed by atoms with Gasteiger partial charge in [0.25, 0.3) is 5.96 Å². The summed E-state index contributed by atoms with van der Waals surface area (Å²) >= 11 is 0. The largest absolute Gasteiger partial charge is 0.494 e. The minimum atomic E-state index is -0.815. The van der Waals surface area contributed by atoms with E-state index in [1.165, 1.54) is 19.2 Å². The minimum absolute atomic E-state index is 0.0119. The summed E-state index contributed by atoms with van der Waals surface area (Å²) in [6.07, 6.45) is 2.98. The van der Waals surface area contributed by atoms with Crippen LogP contribution < -0.4 is 21.2 Å². The summed E-state index contributed by atoms with van der Waals surface area (Å²) in [7, 11) is 0.706. The van der Waals surface area contributed by atoms with Gasteiger partial charge in [0.05, 0.1) is 24.8 Å². The molecule has 1 saturated heterocycles. The van der Waals surface area contributed by atoms with Gasteiger partial charge in [-0.2, -0.15) is 0 Å². The maximum atomic E-state index is 14.4. The van der Waals surface area contributed by atoms with Crippen molar-refractivity contribution in [3.63, 3.8) is 0 Å². The number of nitro groups is 1. The van der Waals surface area contributed by atoms with Crippen molar-refractivity contribution in [3.05, 3.63) is 39.7 Å². The lowest BCUT2D eigenvalue weighted by atomic mass is 9.43. The van der Waals surface area contributed by atoms with Crippen molar-refractivity contribution < 1.29 is 33.1 Å². The van der Waals surface area contributed by atoms with Gasteiger partial charge in [0.2, 0.25) is 5.91 Å². The second-order valence-electron chi connectivity index (χ2n) is 13.5. The summed E-state index contributed by atoms with van der Waals surface area (Å²) in [5.41, 5.74) is 7.14. The zero-order valence-electron chi connectivity index (χ0n) is 26.4. The van der Waals surface area contributed by atoms with E-state index in [1.54, 1.807) is 5.43 Å². The molecular formula is C30H45BFN5O7. The van der Waals surface area contributed by atoms with Gasteiger partial charge in [0.1, 0.15) is 0 Å². The third-order valence-corrected chi connectivity index (χ3v) is 9.83. The third-order valence-electron chi connectivity index (χ3n) is 9.83. The second-order valence-corrected chi connectivity index (χ2v) is 13.5. The number of nitrogens with zero attached hydrogens (tertiary/aromatic N) is 2. The van der Waals surface area contributed by atoms with Gasteiger partial charge in [-0.15, -0.1) is 0 Å². The number of nitrogens with one attached hydrogen (secondary N) is 2. The van der Waals surface area contributed by atoms with Crippen LogP contribution in [0.4, 0.5) is 4.39 Å². The molecule has 1 amide bonds. The number of benzene rings is 1. The Balaban J connectivity index is 1.49. The number of Topliss-reactive ketones (excluding diaryl/α,β-unsaturated/α-hetero) is 1. The number of carbonyl (C=O) groups excluding carboxylic acids is 2. The summed E-state index contributed by atoms with van der Waals surface area (Å²) in [4.78, 5) is 41.6. The molecule has 4 aliphatic rings. The maximum absolute atomic E-state index is 14.4. The monoisotopic (exact) mass is 617 g/mol. The van der Waals surface area contributed by atoms with Gasteiger partial charge in [-0.25, -0.2) is 19.5 Å². The van der Waals surface area contributed by atoms with Gasteiger partial charge in [0, 0.05) is 24.4 Å². The topological polar surface area (TPSA) is 167 Å². The van der Waals surface area contributed by atoms with Gasteiger partial charge in [0.15, 0.2) is 22.4 Å². The van der Waals surface area contributed by atoms with Crippen LogP contribution in [0.2, 0.25) is 0 Å². The Morgan fingerprint density at radius 2 is 2.02 bits per heavy atom. The molecule has 2 bridgehead atoms. The van der Waals surface area contributed by atoms with Crippen LogP contribution >= 0.6 is 0 Å². The standard InChI is InChI=1S/C30H45BFN5O7/c1-17(2)12-26(31-43-25-16-20-15-24(29(20,3)4)30(25,5)44-31)35-27(39)19(8-7-11-34-28(33)36-37(40)41)14-22(38)18-9-10-23(42-6)21(32)13-18/h9-10,13,17,19-20,24-26H,7-8,11-12,14-16H2,1-6H3,(H,35,39)(H3,33,34,36)/t19-,20-,24-,25-,26+,30+/m1/s1. The number of guanidine groups is 1. The Bertz CT molecular complexity index is 1280. The molecule has 242 valence electrons. The van der Waals surface area contributed by atoms with Crippen LogP contribution in [0.1, 0.15) is 83.5 Å². The molecule has 4 fully saturated rings. The number of methoxy groups -OCH3 is 1. The summed E-state index contributed by atoms with van der Waals surface area (Å²) < 4.78 is 32.5. The SMILES string of the molecule is COc1ccc(C(=O)C[C@@H](CCCN=C(N)N[N+](=O)[O-])C(=O)N[C@@H](CC(C)C)B2O[C@@H]3C[C@H]4C[C@H](C4(C)C)[C@]3(C)O2)cc1F. The second kappa shape index (κ2) is 13.4. The molecule has 1 heterocycles. The molecule has 1 aromatic rings. The lowest BCUT2D eigenvalue weighted by molar-refractivity contribution is -0.525. The average Bonchev–Trinajstić information content (AvgIpc) is 3.30. The number of ether oxygens (including phenoxy) is 1. The molecule has 12 nitrogen and oxygen atoms in total. The van der Waals surface area contributed by atoms with Crippen LogP contribution in [0.5, 0.6) is 5.75 Å². The zero-order chi connectivity index (χ0) is 32.4. The molecule has 0 aromatic heterocycles. The van der Waals surface area contributed by atoms with Crippen LogP contribution in [0.25, 0.3) is 0 Å². The third kappa shape index (κ3) is 7.17. The first-order chi connectivity index (χ1) is 20.6. The number of rotatable bonds is 14. The molecule has 1 aromatic carbocycles. The highest BCUT2D eigenvalue weighted by molar-refractivity contribution is 6.47. The van der Waals surface area contributed by atoms with E-state index >= 15 is 0 Å². The Morgan fingerprint density at radius 3 is 2.64 bits per heavy atom. The van der Waals surface area contributed by atoms with E-state index in [0.717, 1.165) is 18.9 Å². The minimum Gasteiger partial charge on any atom is -0.494 e. The molecule has 44 heavy (non-hydrogen) atoms. The van der Waals surface area contributed by atoms with Crippen molar-refractivity contribution in [3.8, 4) is 5.75 Å². The lowest BCUT2D eigenvalue weighted by Crippen LogP contribution is -2.65. The molecule has 4 N–H and O–H groups in total. The quantitative estimate of drug-likeness (QED) is 0.0536. The van der Waals surface area contributed by atoms with E-state index in [9.17, 15) is 24.1 Å². The van der Waals surface area contributed by atoms with E-state index in [2.05, 4.69) is 44.9 Å². The zero-order valence-corrected chi connectivity index (χ0v) is 26.4. The van der Waals surface area contributed by atoms with Gasteiger partial charge < -0.3 is 25.1 Å². The molecule has 5 rings (SSSR count). The van der Waals surface area contributed by atoms with E-state index < -0.39 is 41.2 Å². The number of amides is 1. The predicted molar refractivity (Wildman–Crippen MR) is 163 cm³/mol. The maximum Gasteiger partial charge on any atom is 0.481 e. The number of hydrogen-bond acceptors (Lipinski definition) is 8. The number of ketones is 1. The van der Waals surface area contributed by atoms with Crippen molar-refractivity contribution >= 4 is 24.8 Å². The number of halogens is 1. The fourth-order valence-corrected chi connectivity index (χ4v) is 7.29. The molecule has 3 aliphatic carbocycles. The lowest BCUT2D eigenvalue weighted by Gasteiger charge is -2.64. The van der Waals surface area contributed by atoms with Gasteiger partial charge in [-0.1, -0.05) is 33.1 Å². The smallest absolute Gasteiger partial charge is 0.481 e. The van der Waals surface area contributed by atoms with Crippen molar-refractivity contribution in [1.82, 2.24) is 10.7 Å². The van der Waals surface area contributed by atoms with Crippen molar-refractivity contribution in [1.29, 1.82) is 0 Å². The summed E-state index contributed by atoms with van der Waals surface area (Å²) in [5, 5.41) is 12.9.